The Morgan fingerprint density at radius 2 is 1.00 bits per heavy atom. The van der Waals surface area contributed by atoms with Gasteiger partial charge in [0.1, 0.15) is 28.6 Å². The number of aromatic nitrogens is 2. The third kappa shape index (κ3) is 36.6. The number of hydroxylamine groups is 2. The fourth-order valence-corrected chi connectivity index (χ4v) is 15.2. The maximum atomic E-state index is 14.7. The Labute approximate surface area is 676 Å². The lowest BCUT2D eigenvalue weighted by Gasteiger charge is -2.41. The smallest absolute Gasteiger partial charge is 0.326 e. The molecule has 0 bridgehead atoms. The van der Waals surface area contributed by atoms with Gasteiger partial charge < -0.3 is 91.9 Å². The van der Waals surface area contributed by atoms with Gasteiger partial charge in [-0.3, -0.25) is 38.5 Å². The minimum atomic E-state index is -1.16. The fourth-order valence-electron chi connectivity index (χ4n) is 12.9. The van der Waals surface area contributed by atoms with E-state index < -0.39 is 70.7 Å². The van der Waals surface area contributed by atoms with E-state index in [2.05, 4.69) is 20.6 Å². The fraction of sp³-hybridized carbons (Fsp3) is 0.713. The molecule has 3 N–H and O–H groups in total. The molecular weight excluding hydrogens is 1510 g/mol. The highest BCUT2D eigenvalue weighted by Gasteiger charge is 2.49. The van der Waals surface area contributed by atoms with Gasteiger partial charge in [-0.05, 0) is 66.8 Å². The molecule has 2 fully saturated rings. The number of rotatable bonds is 66. The number of pyridine rings is 2. The van der Waals surface area contributed by atoms with Crippen LogP contribution in [0.3, 0.4) is 0 Å². The number of carboxylic acid groups (broad SMARTS) is 1. The molecule has 113 heavy (non-hydrogen) atoms. The van der Waals surface area contributed by atoms with Crippen LogP contribution in [0.4, 0.5) is 0 Å². The van der Waals surface area contributed by atoms with Crippen molar-refractivity contribution in [1.82, 2.24) is 40.4 Å². The van der Waals surface area contributed by atoms with Gasteiger partial charge in [0.15, 0.2) is 0 Å². The summed E-state index contributed by atoms with van der Waals surface area (Å²) in [5.74, 6) is -4.50. The Morgan fingerprint density at radius 1 is 0.558 bits per heavy atom. The van der Waals surface area contributed by atoms with E-state index in [4.69, 9.17) is 71.2 Å². The molecule has 6 amide bonds. The van der Waals surface area contributed by atoms with E-state index in [0.717, 1.165) is 5.56 Å². The zero-order valence-corrected chi connectivity index (χ0v) is 69.9. The lowest BCUT2D eigenvalue weighted by atomic mass is 9.89. The maximum Gasteiger partial charge on any atom is 0.326 e. The normalized spacial score (nSPS) is 17.4. The largest absolute Gasteiger partial charge is 0.480 e. The van der Waals surface area contributed by atoms with Crippen LogP contribution in [0.15, 0.2) is 89.2 Å². The molecule has 0 radical (unpaired) electrons. The maximum absolute atomic E-state index is 14.7. The summed E-state index contributed by atoms with van der Waals surface area (Å²) in [6.07, 6.45) is 4.37. The quantitative estimate of drug-likeness (QED) is 0.0340. The van der Waals surface area contributed by atoms with Gasteiger partial charge in [-0.1, -0.05) is 121 Å². The van der Waals surface area contributed by atoms with Gasteiger partial charge in [0.2, 0.25) is 35.4 Å². The van der Waals surface area contributed by atoms with Gasteiger partial charge in [0.25, 0.3) is 0 Å². The number of likely N-dealkylation sites (N-methyl/N-ethyl adjacent to an activating group) is 2. The van der Waals surface area contributed by atoms with Crippen molar-refractivity contribution in [2.24, 2.45) is 23.7 Å². The van der Waals surface area contributed by atoms with Crippen molar-refractivity contribution in [3.63, 3.8) is 0 Å². The molecule has 638 valence electrons. The highest BCUT2D eigenvalue weighted by atomic mass is 32.2. The molecule has 33 heteroatoms. The van der Waals surface area contributed by atoms with Gasteiger partial charge in [-0.25, -0.2) is 14.8 Å². The monoisotopic (exact) mass is 1630 g/mol. The molecule has 0 aliphatic carbocycles. The first-order chi connectivity index (χ1) is 54.7. The molecule has 2 saturated heterocycles. The van der Waals surface area contributed by atoms with Crippen LogP contribution in [0, 0.1) is 23.7 Å². The van der Waals surface area contributed by atoms with Gasteiger partial charge in [-0.2, -0.15) is 5.06 Å². The summed E-state index contributed by atoms with van der Waals surface area (Å²) >= 11 is 2.57. The van der Waals surface area contributed by atoms with E-state index >= 15 is 0 Å². The average Bonchev–Trinajstić information content (AvgIpc) is 1.66. The number of benzene rings is 1. The molecule has 2 aromatic heterocycles. The average molecular weight is 1630 g/mol. The second-order valence-electron chi connectivity index (χ2n) is 27.9. The Kier molecular flexibility index (Phi) is 50.1. The number of likely N-dealkylation sites (tertiary alicyclic amines) is 2. The number of imide groups is 1. The van der Waals surface area contributed by atoms with Gasteiger partial charge >= 0.3 is 5.97 Å². The first kappa shape index (κ1) is 97.6. The summed E-state index contributed by atoms with van der Waals surface area (Å²) in [5, 5.41) is 17.3. The summed E-state index contributed by atoms with van der Waals surface area (Å²) in [5.41, 5.74) is 0.766. The van der Waals surface area contributed by atoms with E-state index in [0.29, 0.717) is 194 Å². The molecule has 11 atom stereocenters. The molecular formula is C80H128N8O23S2. The second-order valence-corrected chi connectivity index (χ2v) is 30.2. The number of carbonyl (C=O) groups excluding carboxylic acids is 6. The summed E-state index contributed by atoms with van der Waals surface area (Å²) in [6, 6.07) is 16.2. The lowest BCUT2D eigenvalue weighted by Crippen LogP contribution is -2.60. The molecule has 5 rings (SSSR count). The van der Waals surface area contributed by atoms with Gasteiger partial charge in [-0.15, -0.1) is 0 Å². The third-order valence-electron chi connectivity index (χ3n) is 19.0. The Hall–Kier alpha value is -5.93. The van der Waals surface area contributed by atoms with Crippen LogP contribution in [0.1, 0.15) is 86.1 Å². The minimum Gasteiger partial charge on any atom is -0.480 e. The number of carbonyl (C=O) groups is 7. The van der Waals surface area contributed by atoms with E-state index in [1.807, 2.05) is 84.0 Å². The van der Waals surface area contributed by atoms with E-state index in [1.165, 1.54) is 47.7 Å². The number of amides is 6. The number of aliphatic carboxylic acids is 1. The van der Waals surface area contributed by atoms with Crippen LogP contribution in [0.25, 0.3) is 0 Å². The van der Waals surface area contributed by atoms with Crippen molar-refractivity contribution in [3.05, 3.63) is 84.7 Å². The predicted molar refractivity (Wildman–Crippen MR) is 424 cm³/mol. The molecule has 2 aliphatic rings. The van der Waals surface area contributed by atoms with E-state index in [-0.39, 0.29) is 79.9 Å². The molecule has 0 saturated carbocycles. The summed E-state index contributed by atoms with van der Waals surface area (Å²) in [4.78, 5) is 115. The second kappa shape index (κ2) is 58.0. The van der Waals surface area contributed by atoms with Crippen molar-refractivity contribution >= 4 is 64.9 Å². The van der Waals surface area contributed by atoms with Crippen molar-refractivity contribution < 1.29 is 110 Å². The van der Waals surface area contributed by atoms with Crippen molar-refractivity contribution in [1.29, 1.82) is 0 Å². The summed E-state index contributed by atoms with van der Waals surface area (Å²) < 4.78 is 79.3. The Bertz CT molecular complexity index is 3040. The topological polar surface area (TPSA) is 341 Å². The summed E-state index contributed by atoms with van der Waals surface area (Å²) in [7, 11) is 6.40. The number of nitrogens with zero attached hydrogens (tertiary/aromatic N) is 6. The number of carboxylic acids is 1. The van der Waals surface area contributed by atoms with Crippen LogP contribution < -0.4 is 10.6 Å². The zero-order valence-electron chi connectivity index (χ0n) is 68.3. The van der Waals surface area contributed by atoms with Crippen molar-refractivity contribution in [2.75, 3.05) is 207 Å². The number of thioether (sulfide) groups is 2. The SMILES string of the molecule is CC[C@H](C)C([C@H](CC(=O)N1CCC[C@H]1[C@H](OC)[C@@H](C)C(=O)N[C@@H](Cc1ccccc1)C(=O)O)OC)N(C)C(=O)[C@@H](NC(=O)[C@H](C(C)C)N(C)OCCCOCCOCCOCCOCCOCCOCCOCCOCCOCCOCCOCCOCCN1C(=O)C(Sc2ccccn2)C(Sc2ccccn2)C1=O)C(C)C. The first-order valence-corrected chi connectivity index (χ1v) is 41.3. The Balaban J connectivity index is 0.793. The van der Waals surface area contributed by atoms with E-state index in [9.17, 15) is 38.7 Å². The predicted octanol–water partition coefficient (Wildman–Crippen LogP) is 5.82. The number of ether oxygens (including phenoxy) is 14. The molecule has 0 spiro atoms. The molecule has 31 nitrogen and oxygen atoms in total. The first-order valence-electron chi connectivity index (χ1n) is 39.5. The van der Waals surface area contributed by atoms with Crippen LogP contribution in [-0.4, -0.2) is 336 Å². The van der Waals surface area contributed by atoms with Crippen molar-refractivity contribution in [3.8, 4) is 0 Å². The van der Waals surface area contributed by atoms with E-state index in [1.54, 1.807) is 67.5 Å². The van der Waals surface area contributed by atoms with Crippen LogP contribution >= 0.6 is 23.5 Å². The number of hydrogen-bond acceptors (Lipinski definition) is 27. The molecule has 1 aromatic carbocycles. The molecule has 2 aliphatic heterocycles. The number of nitrogens with one attached hydrogen (secondary N) is 2. The Morgan fingerprint density at radius 3 is 1.40 bits per heavy atom. The van der Waals surface area contributed by atoms with Crippen LogP contribution in [-0.2, 0) is 111 Å². The molecule has 3 unspecified atom stereocenters. The van der Waals surface area contributed by atoms with Gasteiger partial charge in [0, 0.05) is 60.3 Å². The standard InChI is InChI=1S/C80H128N8O23S2/c1-12-60(6)71(65(97-10)57-68(89)87-29-20-24-64(87)72(98-11)61(7)75(90)83-63(80(95)96)56-62-22-14-13-15-23-62)85(8)77(92)69(58(2)3)84-76(91)70(59(4)5)86(9)111-32-21-31-99-34-36-101-38-40-103-42-44-105-46-48-107-50-52-109-54-55-110-53-51-108-49-47-106-45-43-104-41-39-102-37-35-100-33-30-88-78(93)73(112-66-25-16-18-27-81-66)74(79(88)94)113-67-26-17-19-28-82-67/h13-19,22-23,25-28,58-61,63-65,69-74H,12,20-21,24,29-57H2,1-11H3,(H,83,90)(H,84,91)(H,95,96)/t60-,61+,63-,64-,65-,69-,70-,71?,72+,73?,74?/m0/s1. The van der Waals surface area contributed by atoms with Crippen molar-refractivity contribution in [2.45, 2.75) is 150 Å². The van der Waals surface area contributed by atoms with Crippen LogP contribution in [0.5, 0.6) is 0 Å². The third-order valence-corrected chi connectivity index (χ3v) is 21.6. The number of methoxy groups -OCH3 is 2. The highest BCUT2D eigenvalue weighted by Crippen LogP contribution is 2.39. The lowest BCUT2D eigenvalue weighted by molar-refractivity contribution is -0.186. The number of hydrogen-bond donors (Lipinski definition) is 3. The minimum absolute atomic E-state index is 0.0651. The molecule has 3 aromatic rings. The molecule has 4 heterocycles. The van der Waals surface area contributed by atoms with Gasteiger partial charge in [0.05, 0.1) is 212 Å². The van der Waals surface area contributed by atoms with Crippen LogP contribution in [0.2, 0.25) is 0 Å². The zero-order chi connectivity index (χ0) is 82.0. The summed E-state index contributed by atoms with van der Waals surface area (Å²) in [6.45, 7) is 23.8. The highest BCUT2D eigenvalue weighted by molar-refractivity contribution is 8.04.